The number of rotatable bonds is 3. The van der Waals surface area contributed by atoms with E-state index in [2.05, 4.69) is 33.0 Å². The molecule has 1 fully saturated rings. The van der Waals surface area contributed by atoms with Gasteiger partial charge < -0.3 is 10.1 Å². The van der Waals surface area contributed by atoms with Crippen LogP contribution in [0.4, 0.5) is 0 Å². The van der Waals surface area contributed by atoms with Gasteiger partial charge in [-0.2, -0.15) is 0 Å². The maximum absolute atomic E-state index is 5.32. The second-order valence-corrected chi connectivity index (χ2v) is 4.58. The van der Waals surface area contributed by atoms with E-state index < -0.39 is 0 Å². The fraction of sp³-hybridized carbons (Fsp3) is 1.00. The minimum atomic E-state index is 0.234. The van der Waals surface area contributed by atoms with E-state index in [1.807, 2.05) is 0 Å². The van der Waals surface area contributed by atoms with E-state index in [1.165, 1.54) is 0 Å². The molecule has 0 amide bonds. The van der Waals surface area contributed by atoms with E-state index in [4.69, 9.17) is 4.74 Å². The van der Waals surface area contributed by atoms with E-state index in [9.17, 15) is 0 Å². The van der Waals surface area contributed by atoms with Crippen LogP contribution >= 0.6 is 0 Å². The second-order valence-electron chi connectivity index (χ2n) is 4.58. The Kier molecular flexibility index (Phi) is 3.13. The third-order valence-electron chi connectivity index (χ3n) is 2.95. The smallest absolute Gasteiger partial charge is 0.0620 e. The highest BCUT2D eigenvalue weighted by atomic mass is 16.5. The van der Waals surface area contributed by atoms with Crippen molar-refractivity contribution in [2.75, 3.05) is 13.2 Å². The van der Waals surface area contributed by atoms with Crippen molar-refractivity contribution in [1.82, 2.24) is 5.32 Å². The summed E-state index contributed by atoms with van der Waals surface area (Å²) in [7, 11) is 0. The minimum Gasteiger partial charge on any atom is -0.380 e. The van der Waals surface area contributed by atoms with Gasteiger partial charge in [0.25, 0.3) is 0 Å². The maximum atomic E-state index is 5.32. The van der Waals surface area contributed by atoms with Gasteiger partial charge >= 0.3 is 0 Å². The Labute approximate surface area is 75.7 Å². The molecule has 0 aliphatic carbocycles. The molecule has 0 aromatic rings. The molecule has 1 N–H and O–H groups in total. The van der Waals surface area contributed by atoms with Gasteiger partial charge in [-0.1, -0.05) is 13.8 Å². The normalized spacial score (nSPS) is 25.2. The van der Waals surface area contributed by atoms with Crippen LogP contribution in [0.15, 0.2) is 0 Å². The average Bonchev–Trinajstić information content (AvgIpc) is 2.38. The number of ether oxygens (including phenoxy) is 1. The molecular weight excluding hydrogens is 150 g/mol. The largest absolute Gasteiger partial charge is 0.380 e. The third kappa shape index (κ3) is 2.46. The Morgan fingerprint density at radius 2 is 2.08 bits per heavy atom. The van der Waals surface area contributed by atoms with E-state index >= 15 is 0 Å². The van der Waals surface area contributed by atoms with Gasteiger partial charge in [-0.25, -0.2) is 0 Å². The van der Waals surface area contributed by atoms with Crippen molar-refractivity contribution in [3.63, 3.8) is 0 Å². The van der Waals surface area contributed by atoms with Crippen molar-refractivity contribution >= 4 is 0 Å². The van der Waals surface area contributed by atoms with Crippen LogP contribution < -0.4 is 5.32 Å². The molecule has 12 heavy (non-hydrogen) atoms. The van der Waals surface area contributed by atoms with E-state index in [0.717, 1.165) is 19.6 Å². The van der Waals surface area contributed by atoms with E-state index in [-0.39, 0.29) is 5.54 Å². The molecule has 1 rings (SSSR count). The maximum Gasteiger partial charge on any atom is 0.0620 e. The molecule has 2 nitrogen and oxygen atoms in total. The molecule has 72 valence electrons. The van der Waals surface area contributed by atoms with Crippen molar-refractivity contribution in [3.05, 3.63) is 0 Å². The van der Waals surface area contributed by atoms with Gasteiger partial charge in [0, 0.05) is 18.2 Å². The Morgan fingerprint density at radius 3 is 2.50 bits per heavy atom. The highest BCUT2D eigenvalue weighted by molar-refractivity contribution is 4.86. The minimum absolute atomic E-state index is 0.234. The fourth-order valence-electron chi connectivity index (χ4n) is 1.34. The van der Waals surface area contributed by atoms with Crippen LogP contribution in [0.5, 0.6) is 0 Å². The molecule has 1 aliphatic rings. The molecule has 0 radical (unpaired) electrons. The fourth-order valence-corrected chi connectivity index (χ4v) is 1.34. The first-order chi connectivity index (χ1) is 5.52. The number of nitrogens with one attached hydrogen (secondary N) is 1. The summed E-state index contributed by atoms with van der Waals surface area (Å²) in [5, 5.41) is 3.63. The molecule has 1 heterocycles. The van der Waals surface area contributed by atoms with Crippen LogP contribution in [-0.2, 0) is 4.74 Å². The summed E-state index contributed by atoms with van der Waals surface area (Å²) in [5.74, 6) is 0.665. The van der Waals surface area contributed by atoms with E-state index in [0.29, 0.717) is 12.0 Å². The van der Waals surface area contributed by atoms with Crippen LogP contribution in [0, 0.1) is 5.92 Å². The van der Waals surface area contributed by atoms with Crippen molar-refractivity contribution in [3.8, 4) is 0 Å². The molecule has 0 saturated carbocycles. The molecular formula is C10H21NO. The van der Waals surface area contributed by atoms with Crippen molar-refractivity contribution in [2.45, 2.75) is 45.7 Å². The average molecular weight is 171 g/mol. The first-order valence-electron chi connectivity index (χ1n) is 4.88. The Hall–Kier alpha value is -0.0800. The molecule has 0 aromatic heterocycles. The molecule has 0 bridgehead atoms. The summed E-state index contributed by atoms with van der Waals surface area (Å²) < 4.78 is 5.32. The monoisotopic (exact) mass is 171 g/mol. The van der Waals surface area contributed by atoms with Crippen LogP contribution in [0.2, 0.25) is 0 Å². The SMILES string of the molecule is CC(C)C(C)(C)NC1CCOC1. The van der Waals surface area contributed by atoms with Gasteiger partial charge in [-0.05, 0) is 26.2 Å². The third-order valence-corrected chi connectivity index (χ3v) is 2.95. The summed E-state index contributed by atoms with van der Waals surface area (Å²) in [6.07, 6.45) is 1.16. The van der Waals surface area contributed by atoms with Gasteiger partial charge in [0.1, 0.15) is 0 Å². The van der Waals surface area contributed by atoms with Crippen LogP contribution in [-0.4, -0.2) is 24.8 Å². The lowest BCUT2D eigenvalue weighted by Crippen LogP contribution is -2.49. The molecule has 1 saturated heterocycles. The highest BCUT2D eigenvalue weighted by Gasteiger charge is 2.27. The first kappa shape index (κ1) is 10.0. The molecule has 1 unspecified atom stereocenters. The Morgan fingerprint density at radius 1 is 1.42 bits per heavy atom. The van der Waals surface area contributed by atoms with Gasteiger partial charge in [0.2, 0.25) is 0 Å². The second kappa shape index (κ2) is 3.75. The zero-order valence-corrected chi connectivity index (χ0v) is 8.68. The molecule has 1 aliphatic heterocycles. The van der Waals surface area contributed by atoms with Gasteiger partial charge in [-0.3, -0.25) is 0 Å². The lowest BCUT2D eigenvalue weighted by Gasteiger charge is -2.33. The standard InChI is InChI=1S/C10H21NO/c1-8(2)10(3,4)11-9-5-6-12-7-9/h8-9,11H,5-7H2,1-4H3. The van der Waals surface area contributed by atoms with Crippen molar-refractivity contribution < 1.29 is 4.74 Å². The van der Waals surface area contributed by atoms with Crippen LogP contribution in [0.3, 0.4) is 0 Å². The van der Waals surface area contributed by atoms with Crippen LogP contribution in [0.1, 0.15) is 34.1 Å². The molecule has 0 spiro atoms. The predicted molar refractivity (Wildman–Crippen MR) is 51.3 cm³/mol. The highest BCUT2D eigenvalue weighted by Crippen LogP contribution is 2.18. The number of hydrogen-bond donors (Lipinski definition) is 1. The lowest BCUT2D eigenvalue weighted by atomic mass is 9.90. The Balaban J connectivity index is 2.37. The summed E-state index contributed by atoms with van der Waals surface area (Å²) in [6.45, 7) is 10.8. The van der Waals surface area contributed by atoms with Crippen molar-refractivity contribution in [1.29, 1.82) is 0 Å². The van der Waals surface area contributed by atoms with Crippen LogP contribution in [0.25, 0.3) is 0 Å². The summed E-state index contributed by atoms with van der Waals surface area (Å²) in [4.78, 5) is 0. The summed E-state index contributed by atoms with van der Waals surface area (Å²) >= 11 is 0. The predicted octanol–water partition coefficient (Wildman–Crippen LogP) is 1.80. The first-order valence-corrected chi connectivity index (χ1v) is 4.88. The molecule has 2 heteroatoms. The van der Waals surface area contributed by atoms with Gasteiger partial charge in [0.15, 0.2) is 0 Å². The lowest BCUT2D eigenvalue weighted by molar-refractivity contribution is 0.176. The van der Waals surface area contributed by atoms with Crippen molar-refractivity contribution in [2.24, 2.45) is 5.92 Å². The quantitative estimate of drug-likeness (QED) is 0.699. The molecule has 1 atom stereocenters. The zero-order valence-electron chi connectivity index (χ0n) is 8.68. The van der Waals surface area contributed by atoms with Gasteiger partial charge in [0.05, 0.1) is 6.61 Å². The van der Waals surface area contributed by atoms with E-state index in [1.54, 1.807) is 0 Å². The van der Waals surface area contributed by atoms with Gasteiger partial charge in [-0.15, -0.1) is 0 Å². The zero-order chi connectivity index (χ0) is 9.19. The Bertz CT molecular complexity index is 137. The topological polar surface area (TPSA) is 21.3 Å². The summed E-state index contributed by atoms with van der Waals surface area (Å²) in [5.41, 5.74) is 0.234. The molecule has 0 aromatic carbocycles. The summed E-state index contributed by atoms with van der Waals surface area (Å²) in [6, 6.07) is 0.572. The number of hydrogen-bond acceptors (Lipinski definition) is 2.